The minimum atomic E-state index is -0.873. The lowest BCUT2D eigenvalue weighted by atomic mass is 10.0. The van der Waals surface area contributed by atoms with Crippen LogP contribution in [0.15, 0.2) is 66.7 Å². The molecule has 0 aliphatic heterocycles. The molecule has 0 saturated carbocycles. The zero-order valence-corrected chi connectivity index (χ0v) is 17.9. The number of rotatable bonds is 7. The summed E-state index contributed by atoms with van der Waals surface area (Å²) in [7, 11) is 0. The second-order valence-corrected chi connectivity index (χ2v) is 8.62. The molecule has 0 atom stereocenters. The number of carbonyl (C=O) groups is 2. The van der Waals surface area contributed by atoms with Gasteiger partial charge in [-0.3, -0.25) is 9.59 Å². The highest BCUT2D eigenvalue weighted by Gasteiger charge is 2.10. The van der Waals surface area contributed by atoms with Crippen molar-refractivity contribution in [2.24, 2.45) is 0 Å². The molecule has 6 heteroatoms. The van der Waals surface area contributed by atoms with Gasteiger partial charge in [0.05, 0.1) is 23.1 Å². The first kappa shape index (κ1) is 20.8. The number of thiazole rings is 1. The van der Waals surface area contributed by atoms with Gasteiger partial charge in [-0.2, -0.15) is 0 Å². The fraction of sp³-hybridized carbons (Fsp3) is 0.160. The number of aromatic nitrogens is 1. The Hall–Kier alpha value is -3.51. The van der Waals surface area contributed by atoms with Crippen LogP contribution in [0.5, 0.6) is 0 Å². The Bertz CT molecular complexity index is 1250. The smallest absolute Gasteiger partial charge is 0.307 e. The van der Waals surface area contributed by atoms with E-state index in [2.05, 4.69) is 59.7 Å². The number of nitrogens with zero attached hydrogens (tertiary/aromatic N) is 1. The first-order valence-corrected chi connectivity index (χ1v) is 10.8. The number of carboxylic acid groups (broad SMARTS) is 1. The van der Waals surface area contributed by atoms with Crippen LogP contribution >= 0.6 is 11.3 Å². The maximum absolute atomic E-state index is 12.4. The molecule has 3 aromatic carbocycles. The van der Waals surface area contributed by atoms with Crippen LogP contribution in [0.2, 0.25) is 0 Å². The van der Waals surface area contributed by atoms with Crippen LogP contribution in [0.4, 0.5) is 0 Å². The number of carboxylic acids is 1. The predicted molar refractivity (Wildman–Crippen MR) is 123 cm³/mol. The molecule has 0 saturated heterocycles. The normalized spacial score (nSPS) is 10.9. The fourth-order valence-electron chi connectivity index (χ4n) is 3.40. The summed E-state index contributed by atoms with van der Waals surface area (Å²) in [5, 5.41) is 12.6. The summed E-state index contributed by atoms with van der Waals surface area (Å²) in [6, 6.07) is 21.8. The number of hydrogen-bond acceptors (Lipinski definition) is 4. The van der Waals surface area contributed by atoms with Crippen molar-refractivity contribution in [3.05, 3.63) is 88.4 Å². The second kappa shape index (κ2) is 9.10. The van der Waals surface area contributed by atoms with Gasteiger partial charge < -0.3 is 10.4 Å². The number of hydrogen-bond donors (Lipinski definition) is 2. The number of aryl methyl sites for hydroxylation is 1. The van der Waals surface area contributed by atoms with E-state index in [1.54, 1.807) is 18.2 Å². The van der Waals surface area contributed by atoms with Crippen molar-refractivity contribution in [3.63, 3.8) is 0 Å². The van der Waals surface area contributed by atoms with Gasteiger partial charge >= 0.3 is 5.97 Å². The minimum Gasteiger partial charge on any atom is -0.481 e. The average Bonchev–Trinajstić information content (AvgIpc) is 3.14. The van der Waals surface area contributed by atoms with E-state index in [4.69, 9.17) is 5.11 Å². The third-order valence-corrected chi connectivity index (χ3v) is 6.00. The summed E-state index contributed by atoms with van der Waals surface area (Å²) in [5.41, 5.74) is 5.96. The van der Waals surface area contributed by atoms with E-state index in [0.717, 1.165) is 37.5 Å². The van der Waals surface area contributed by atoms with Crippen LogP contribution in [0.1, 0.15) is 21.7 Å². The molecule has 1 amide bonds. The lowest BCUT2D eigenvalue weighted by Gasteiger charge is -2.06. The zero-order valence-electron chi connectivity index (χ0n) is 17.1. The Morgan fingerprint density at radius 1 is 0.935 bits per heavy atom. The van der Waals surface area contributed by atoms with Crippen LogP contribution in [0.3, 0.4) is 0 Å². The van der Waals surface area contributed by atoms with Crippen molar-refractivity contribution in [3.8, 4) is 11.1 Å². The number of aliphatic carboxylic acids is 1. The van der Waals surface area contributed by atoms with Crippen LogP contribution in [0, 0.1) is 6.92 Å². The van der Waals surface area contributed by atoms with E-state index in [0.29, 0.717) is 6.54 Å². The van der Waals surface area contributed by atoms with E-state index in [9.17, 15) is 9.59 Å². The summed E-state index contributed by atoms with van der Waals surface area (Å²) < 4.78 is 1.06. The van der Waals surface area contributed by atoms with E-state index in [1.807, 2.05) is 6.07 Å². The highest BCUT2D eigenvalue weighted by atomic mass is 32.1. The number of carbonyl (C=O) groups excluding carboxylic acids is 1. The molecule has 4 rings (SSSR count). The summed E-state index contributed by atoms with van der Waals surface area (Å²) in [6.45, 7) is 2.42. The molecule has 0 aliphatic rings. The molecule has 0 fully saturated rings. The number of benzene rings is 3. The lowest BCUT2D eigenvalue weighted by molar-refractivity contribution is -0.136. The molecule has 0 unspecified atom stereocenters. The van der Waals surface area contributed by atoms with Crippen LogP contribution < -0.4 is 5.32 Å². The van der Waals surface area contributed by atoms with E-state index >= 15 is 0 Å². The molecular weight excluding hydrogens is 408 g/mol. The van der Waals surface area contributed by atoms with Gasteiger partial charge in [-0.25, -0.2) is 4.98 Å². The van der Waals surface area contributed by atoms with Gasteiger partial charge in [0.25, 0.3) is 0 Å². The Morgan fingerprint density at radius 3 is 2.45 bits per heavy atom. The molecule has 1 aromatic heterocycles. The van der Waals surface area contributed by atoms with Gasteiger partial charge in [-0.05, 0) is 41.3 Å². The van der Waals surface area contributed by atoms with Gasteiger partial charge in [0.2, 0.25) is 5.91 Å². The van der Waals surface area contributed by atoms with Crippen LogP contribution in [-0.2, 0) is 29.0 Å². The molecule has 31 heavy (non-hydrogen) atoms. The first-order valence-electron chi connectivity index (χ1n) is 9.99. The van der Waals surface area contributed by atoms with Crippen LogP contribution in [0.25, 0.3) is 21.3 Å². The maximum atomic E-state index is 12.4. The first-order chi connectivity index (χ1) is 15.0. The van der Waals surface area contributed by atoms with Crippen LogP contribution in [-0.4, -0.2) is 22.0 Å². The number of amides is 1. The molecule has 0 radical (unpaired) electrons. The minimum absolute atomic E-state index is 0.0297. The molecule has 156 valence electrons. The molecule has 2 N–H and O–H groups in total. The zero-order chi connectivity index (χ0) is 21.8. The standard InChI is InChI=1S/C25H22N2O3S/c1-16-5-7-19(8-6-16)20-9-10-22-21(13-20)27-24(31-22)14-23(28)26-15-18-4-2-3-17(11-18)12-25(29)30/h2-11,13H,12,14-15H2,1H3,(H,26,28)(H,29,30). The molecule has 4 aromatic rings. The van der Waals surface area contributed by atoms with E-state index < -0.39 is 5.97 Å². The van der Waals surface area contributed by atoms with Gasteiger partial charge in [-0.15, -0.1) is 11.3 Å². The Morgan fingerprint density at radius 2 is 1.68 bits per heavy atom. The van der Waals surface area contributed by atoms with Crippen molar-refractivity contribution in [1.82, 2.24) is 10.3 Å². The van der Waals surface area contributed by atoms with Crippen molar-refractivity contribution in [2.75, 3.05) is 0 Å². The van der Waals surface area contributed by atoms with Gasteiger partial charge in [0.1, 0.15) is 5.01 Å². The SMILES string of the molecule is Cc1ccc(-c2ccc3sc(CC(=O)NCc4cccc(CC(=O)O)c4)nc3c2)cc1. The van der Waals surface area contributed by atoms with Gasteiger partial charge in [-0.1, -0.05) is 60.2 Å². The molecule has 1 heterocycles. The topological polar surface area (TPSA) is 79.3 Å². The quantitative estimate of drug-likeness (QED) is 0.443. The Labute approximate surface area is 184 Å². The molecule has 0 spiro atoms. The highest BCUT2D eigenvalue weighted by molar-refractivity contribution is 7.18. The summed E-state index contributed by atoms with van der Waals surface area (Å²) in [5.74, 6) is -0.982. The van der Waals surface area contributed by atoms with Crippen molar-refractivity contribution >= 4 is 33.4 Å². The maximum Gasteiger partial charge on any atom is 0.307 e. The molecular formula is C25H22N2O3S. The lowest BCUT2D eigenvalue weighted by Crippen LogP contribution is -2.24. The third kappa shape index (κ3) is 5.35. The molecule has 5 nitrogen and oxygen atoms in total. The summed E-state index contributed by atoms with van der Waals surface area (Å²) >= 11 is 1.53. The number of fused-ring (bicyclic) bond motifs is 1. The predicted octanol–water partition coefficient (Wildman–Crippen LogP) is 4.76. The average molecular weight is 431 g/mol. The third-order valence-electron chi connectivity index (χ3n) is 4.96. The van der Waals surface area contributed by atoms with Crippen molar-refractivity contribution in [2.45, 2.75) is 26.3 Å². The number of nitrogens with one attached hydrogen (secondary N) is 1. The molecule has 0 bridgehead atoms. The largest absolute Gasteiger partial charge is 0.481 e. The summed E-state index contributed by atoms with van der Waals surface area (Å²) in [6.07, 6.45) is 0.187. The summed E-state index contributed by atoms with van der Waals surface area (Å²) in [4.78, 5) is 27.9. The van der Waals surface area contributed by atoms with Gasteiger partial charge in [0, 0.05) is 6.54 Å². The van der Waals surface area contributed by atoms with E-state index in [1.165, 1.54) is 16.9 Å². The Kier molecular flexibility index (Phi) is 6.09. The Balaban J connectivity index is 1.40. The fourth-order valence-corrected chi connectivity index (χ4v) is 4.35. The van der Waals surface area contributed by atoms with E-state index in [-0.39, 0.29) is 18.7 Å². The molecule has 0 aliphatic carbocycles. The highest BCUT2D eigenvalue weighted by Crippen LogP contribution is 2.28. The van der Waals surface area contributed by atoms with Gasteiger partial charge in [0.15, 0.2) is 0 Å². The van der Waals surface area contributed by atoms with Crippen molar-refractivity contribution in [1.29, 1.82) is 0 Å². The van der Waals surface area contributed by atoms with Crippen molar-refractivity contribution < 1.29 is 14.7 Å². The second-order valence-electron chi connectivity index (χ2n) is 7.50. The monoisotopic (exact) mass is 430 g/mol.